The Morgan fingerprint density at radius 3 is 2.57 bits per heavy atom. The number of anilines is 1. The third-order valence-corrected chi connectivity index (χ3v) is 3.86. The van der Waals surface area contributed by atoms with Crippen LogP contribution in [0.25, 0.3) is 0 Å². The highest BCUT2D eigenvalue weighted by Gasteiger charge is 2.21. The van der Waals surface area contributed by atoms with E-state index in [0.717, 1.165) is 37.9 Å². The molecule has 0 aromatic heterocycles. The smallest absolute Gasteiger partial charge is 0.250 e. The van der Waals surface area contributed by atoms with E-state index in [1.807, 2.05) is 30.3 Å². The Labute approximate surface area is 127 Å². The van der Waals surface area contributed by atoms with E-state index < -0.39 is 0 Å². The highest BCUT2D eigenvalue weighted by atomic mass is 16.5. The van der Waals surface area contributed by atoms with E-state index in [-0.39, 0.29) is 18.6 Å². The van der Waals surface area contributed by atoms with Crippen LogP contribution in [0.3, 0.4) is 0 Å². The van der Waals surface area contributed by atoms with E-state index >= 15 is 0 Å². The van der Waals surface area contributed by atoms with Gasteiger partial charge in [-0.1, -0.05) is 25.1 Å². The summed E-state index contributed by atoms with van der Waals surface area (Å²) in [7, 11) is 0. The lowest BCUT2D eigenvalue weighted by atomic mass is 9.93. The van der Waals surface area contributed by atoms with Crippen molar-refractivity contribution in [1.29, 1.82) is 0 Å². The van der Waals surface area contributed by atoms with Crippen molar-refractivity contribution < 1.29 is 9.53 Å². The van der Waals surface area contributed by atoms with Crippen LogP contribution in [0.4, 0.5) is 5.69 Å². The number of amides is 1. The van der Waals surface area contributed by atoms with Crippen LogP contribution in [0, 0.1) is 0 Å². The fourth-order valence-electron chi connectivity index (χ4n) is 2.69. The van der Waals surface area contributed by atoms with Crippen molar-refractivity contribution in [2.75, 3.05) is 18.5 Å². The maximum absolute atomic E-state index is 11.8. The van der Waals surface area contributed by atoms with Crippen LogP contribution in [0.1, 0.15) is 39.0 Å². The fraction of sp³-hybridized carbons (Fsp3) is 0.588. The molecule has 1 saturated carbocycles. The second kappa shape index (κ2) is 8.80. The standard InChI is InChI=1S/C17H26N2O2/c1-2-12-18-14-8-10-16(11-9-14)21-13-17(20)19-15-6-4-3-5-7-15/h3-7,14,16,18H,2,8-13H2,1H3,(H,19,20). The number of nitrogens with one attached hydrogen (secondary N) is 2. The van der Waals surface area contributed by atoms with Gasteiger partial charge in [0, 0.05) is 11.7 Å². The maximum atomic E-state index is 11.8. The maximum Gasteiger partial charge on any atom is 0.250 e. The van der Waals surface area contributed by atoms with Crippen molar-refractivity contribution in [1.82, 2.24) is 5.32 Å². The quantitative estimate of drug-likeness (QED) is 0.811. The predicted molar refractivity (Wildman–Crippen MR) is 85.4 cm³/mol. The molecule has 0 heterocycles. The number of rotatable bonds is 7. The van der Waals surface area contributed by atoms with Gasteiger partial charge in [-0.15, -0.1) is 0 Å². The zero-order chi connectivity index (χ0) is 14.9. The Bertz CT molecular complexity index is 414. The Kier molecular flexibility index (Phi) is 6.70. The third kappa shape index (κ3) is 5.86. The van der Waals surface area contributed by atoms with Crippen molar-refractivity contribution in [3.05, 3.63) is 30.3 Å². The summed E-state index contributed by atoms with van der Waals surface area (Å²) in [6.07, 6.45) is 5.78. The van der Waals surface area contributed by atoms with Crippen LogP contribution in [0.2, 0.25) is 0 Å². The van der Waals surface area contributed by atoms with Crippen molar-refractivity contribution in [3.8, 4) is 0 Å². The van der Waals surface area contributed by atoms with Crippen LogP contribution in [-0.2, 0) is 9.53 Å². The van der Waals surface area contributed by atoms with E-state index in [0.29, 0.717) is 6.04 Å². The second-order valence-corrected chi connectivity index (χ2v) is 5.65. The zero-order valence-electron chi connectivity index (χ0n) is 12.8. The van der Waals surface area contributed by atoms with Crippen LogP contribution in [0.5, 0.6) is 0 Å². The molecule has 1 amide bonds. The molecule has 0 atom stereocenters. The minimum atomic E-state index is -0.0765. The van der Waals surface area contributed by atoms with Gasteiger partial charge in [-0.2, -0.15) is 0 Å². The van der Waals surface area contributed by atoms with E-state index in [1.165, 1.54) is 6.42 Å². The Hall–Kier alpha value is -1.39. The molecule has 2 rings (SSSR count). The molecule has 1 aromatic rings. The molecule has 1 aliphatic rings. The molecule has 0 aliphatic heterocycles. The van der Waals surface area contributed by atoms with Crippen LogP contribution in [-0.4, -0.2) is 31.2 Å². The summed E-state index contributed by atoms with van der Waals surface area (Å²) in [4.78, 5) is 11.8. The summed E-state index contributed by atoms with van der Waals surface area (Å²) in [5.41, 5.74) is 0.818. The molecular weight excluding hydrogens is 264 g/mol. The first kappa shape index (κ1) is 16.0. The molecule has 0 radical (unpaired) electrons. The molecule has 1 fully saturated rings. The van der Waals surface area contributed by atoms with Crippen molar-refractivity contribution in [3.63, 3.8) is 0 Å². The average Bonchev–Trinajstić information content (AvgIpc) is 2.53. The van der Waals surface area contributed by atoms with Gasteiger partial charge in [-0.05, 0) is 50.8 Å². The molecule has 21 heavy (non-hydrogen) atoms. The van der Waals surface area contributed by atoms with Crippen LogP contribution >= 0.6 is 0 Å². The van der Waals surface area contributed by atoms with E-state index in [4.69, 9.17) is 4.74 Å². The van der Waals surface area contributed by atoms with Crippen LogP contribution in [0.15, 0.2) is 30.3 Å². The van der Waals surface area contributed by atoms with Gasteiger partial charge in [0.15, 0.2) is 0 Å². The van der Waals surface area contributed by atoms with Gasteiger partial charge in [0.05, 0.1) is 6.10 Å². The molecule has 116 valence electrons. The molecule has 0 unspecified atom stereocenters. The summed E-state index contributed by atoms with van der Waals surface area (Å²) < 4.78 is 5.73. The minimum Gasteiger partial charge on any atom is -0.368 e. The Morgan fingerprint density at radius 1 is 1.19 bits per heavy atom. The number of carbonyl (C=O) groups excluding carboxylic acids is 1. The molecular formula is C17H26N2O2. The van der Waals surface area contributed by atoms with E-state index in [1.54, 1.807) is 0 Å². The largest absolute Gasteiger partial charge is 0.368 e. The van der Waals surface area contributed by atoms with Gasteiger partial charge in [-0.3, -0.25) is 4.79 Å². The lowest BCUT2D eigenvalue weighted by molar-refractivity contribution is -0.123. The third-order valence-electron chi connectivity index (χ3n) is 3.86. The first-order valence-corrected chi connectivity index (χ1v) is 7.98. The molecule has 1 aromatic carbocycles. The minimum absolute atomic E-state index is 0.0765. The first-order chi connectivity index (χ1) is 10.3. The van der Waals surface area contributed by atoms with Gasteiger partial charge in [0.2, 0.25) is 5.91 Å². The molecule has 2 N–H and O–H groups in total. The summed E-state index contributed by atoms with van der Waals surface area (Å²) in [5.74, 6) is -0.0765. The Morgan fingerprint density at radius 2 is 1.90 bits per heavy atom. The highest BCUT2D eigenvalue weighted by molar-refractivity contribution is 5.91. The van der Waals surface area contributed by atoms with E-state index in [9.17, 15) is 4.79 Å². The van der Waals surface area contributed by atoms with Gasteiger partial charge >= 0.3 is 0 Å². The van der Waals surface area contributed by atoms with Crippen LogP contribution < -0.4 is 10.6 Å². The van der Waals surface area contributed by atoms with Gasteiger partial charge in [0.1, 0.15) is 6.61 Å². The predicted octanol–water partition coefficient (Wildman–Crippen LogP) is 2.95. The molecule has 4 heteroatoms. The Balaban J connectivity index is 1.62. The average molecular weight is 290 g/mol. The number of ether oxygens (including phenoxy) is 1. The molecule has 1 aliphatic carbocycles. The lowest BCUT2D eigenvalue weighted by Gasteiger charge is -2.29. The molecule has 0 spiro atoms. The first-order valence-electron chi connectivity index (χ1n) is 7.98. The molecule has 0 bridgehead atoms. The lowest BCUT2D eigenvalue weighted by Crippen LogP contribution is -2.36. The normalized spacial score (nSPS) is 22.0. The zero-order valence-corrected chi connectivity index (χ0v) is 12.8. The topological polar surface area (TPSA) is 50.4 Å². The number of benzene rings is 1. The SMILES string of the molecule is CCCNC1CCC(OCC(=O)Nc2ccccc2)CC1. The number of carbonyl (C=O) groups is 1. The number of para-hydroxylation sites is 1. The highest BCUT2D eigenvalue weighted by Crippen LogP contribution is 2.21. The van der Waals surface area contributed by atoms with Gasteiger partial charge in [0.25, 0.3) is 0 Å². The van der Waals surface area contributed by atoms with Crippen molar-refractivity contribution in [2.24, 2.45) is 0 Å². The van der Waals surface area contributed by atoms with Gasteiger partial charge in [-0.25, -0.2) is 0 Å². The molecule has 4 nitrogen and oxygen atoms in total. The van der Waals surface area contributed by atoms with E-state index in [2.05, 4.69) is 17.6 Å². The van der Waals surface area contributed by atoms with Crippen molar-refractivity contribution in [2.45, 2.75) is 51.2 Å². The summed E-state index contributed by atoms with van der Waals surface area (Å²) in [5, 5.41) is 6.40. The monoisotopic (exact) mass is 290 g/mol. The fourth-order valence-corrected chi connectivity index (χ4v) is 2.69. The summed E-state index contributed by atoms with van der Waals surface area (Å²) in [6.45, 7) is 3.43. The number of hydrogen-bond donors (Lipinski definition) is 2. The second-order valence-electron chi connectivity index (χ2n) is 5.65. The van der Waals surface area contributed by atoms with Gasteiger partial charge < -0.3 is 15.4 Å². The number of hydrogen-bond acceptors (Lipinski definition) is 3. The summed E-state index contributed by atoms with van der Waals surface area (Å²) in [6, 6.07) is 10.1. The summed E-state index contributed by atoms with van der Waals surface area (Å²) >= 11 is 0. The van der Waals surface area contributed by atoms with Crippen molar-refractivity contribution >= 4 is 11.6 Å². The molecule has 0 saturated heterocycles.